The average Bonchev–Trinajstić information content (AvgIpc) is 2.90. The fourth-order valence-corrected chi connectivity index (χ4v) is 5.61. The number of aliphatic hydroxyl groups is 1. The van der Waals surface area contributed by atoms with Gasteiger partial charge in [-0.2, -0.15) is 13.2 Å². The van der Waals surface area contributed by atoms with E-state index in [1.54, 1.807) is 17.0 Å². The number of carbonyl (C=O) groups is 2. The zero-order valence-electron chi connectivity index (χ0n) is 22.0. The van der Waals surface area contributed by atoms with Gasteiger partial charge in [-0.05, 0) is 44.9 Å². The molecule has 2 aromatic carbocycles. The van der Waals surface area contributed by atoms with Crippen molar-refractivity contribution in [3.8, 4) is 0 Å². The second kappa shape index (κ2) is 11.7. The average molecular weight is 567 g/mol. The van der Waals surface area contributed by atoms with Crippen LogP contribution in [0.3, 0.4) is 0 Å². The molecule has 1 atom stereocenters. The van der Waals surface area contributed by atoms with Crippen molar-refractivity contribution in [2.45, 2.75) is 50.6 Å². The van der Waals surface area contributed by atoms with Crippen LogP contribution in [0.15, 0.2) is 48.5 Å². The van der Waals surface area contributed by atoms with Crippen molar-refractivity contribution in [3.63, 3.8) is 0 Å². The van der Waals surface area contributed by atoms with Gasteiger partial charge in [0.25, 0.3) is 17.4 Å². The zero-order valence-corrected chi connectivity index (χ0v) is 22.8. The number of benzene rings is 2. The number of halogens is 4. The topological polar surface area (TPSA) is 76.1 Å². The molecule has 0 aliphatic carbocycles. The molecule has 2 heterocycles. The lowest BCUT2D eigenvalue weighted by atomic mass is 9.89. The van der Waals surface area contributed by atoms with E-state index in [-0.39, 0.29) is 31.1 Å². The maximum atomic E-state index is 13.9. The van der Waals surface area contributed by atoms with Crippen LogP contribution in [0.4, 0.5) is 18.9 Å². The van der Waals surface area contributed by atoms with Gasteiger partial charge >= 0.3 is 6.18 Å². The van der Waals surface area contributed by atoms with E-state index in [2.05, 4.69) is 10.2 Å². The number of anilines is 1. The van der Waals surface area contributed by atoms with E-state index >= 15 is 0 Å². The van der Waals surface area contributed by atoms with Crippen molar-refractivity contribution in [3.05, 3.63) is 64.7 Å². The standard InChI is InChI=1S/C28H34ClF3N4O3/c1-3-34(4-2)25(37)23-11-10-20(16-24(23)29)33-21-17-36(18-21)22-12-14-35(15-13-22)26(38)27(39,28(30,31)32)19-8-6-5-7-9-19/h5-11,16,21-22,33,39H,3-4,12-15,17-18H2,1-2H3/t27-/m1/s1. The van der Waals surface area contributed by atoms with Gasteiger partial charge in [-0.1, -0.05) is 41.9 Å². The van der Waals surface area contributed by atoms with Gasteiger partial charge in [0.15, 0.2) is 0 Å². The third-order valence-electron chi connectivity index (χ3n) is 7.71. The Labute approximate surface area is 231 Å². The van der Waals surface area contributed by atoms with Crippen molar-refractivity contribution in [2.24, 2.45) is 0 Å². The summed E-state index contributed by atoms with van der Waals surface area (Å²) in [5.74, 6) is -1.43. The minimum atomic E-state index is -5.14. The van der Waals surface area contributed by atoms with Crippen LogP contribution in [0.25, 0.3) is 0 Å². The second-order valence-electron chi connectivity index (χ2n) is 10.1. The molecule has 0 spiro atoms. The van der Waals surface area contributed by atoms with E-state index in [1.807, 2.05) is 19.9 Å². The Bertz CT molecular complexity index is 1160. The molecule has 4 rings (SSSR count). The maximum absolute atomic E-state index is 13.9. The number of nitrogens with zero attached hydrogens (tertiary/aromatic N) is 3. The first-order chi connectivity index (χ1) is 18.5. The van der Waals surface area contributed by atoms with Crippen LogP contribution < -0.4 is 5.32 Å². The monoisotopic (exact) mass is 566 g/mol. The van der Waals surface area contributed by atoms with Gasteiger partial charge in [-0.15, -0.1) is 0 Å². The molecule has 2 saturated heterocycles. The summed E-state index contributed by atoms with van der Waals surface area (Å²) in [4.78, 5) is 30.6. The summed E-state index contributed by atoms with van der Waals surface area (Å²) in [7, 11) is 0. The minimum absolute atomic E-state index is 0.103. The lowest BCUT2D eigenvalue weighted by molar-refractivity contribution is -0.262. The molecule has 2 fully saturated rings. The first-order valence-corrected chi connectivity index (χ1v) is 13.6. The minimum Gasteiger partial charge on any atom is -0.380 e. The molecule has 212 valence electrons. The molecule has 2 aliphatic rings. The molecule has 2 aliphatic heterocycles. The Balaban J connectivity index is 1.29. The van der Waals surface area contributed by atoms with E-state index in [0.29, 0.717) is 36.5 Å². The summed E-state index contributed by atoms with van der Waals surface area (Å²) in [6.45, 7) is 6.81. The SMILES string of the molecule is CCN(CC)C(=O)c1ccc(NC2CN(C3CCN(C(=O)[C@](O)(c4ccccc4)C(F)(F)F)CC3)C2)cc1Cl. The molecule has 0 bridgehead atoms. The number of likely N-dealkylation sites (tertiary alicyclic amines) is 2. The normalized spacial score (nSPS) is 18.8. The number of piperidine rings is 1. The Morgan fingerprint density at radius 2 is 1.67 bits per heavy atom. The van der Waals surface area contributed by atoms with E-state index in [4.69, 9.17) is 11.6 Å². The molecule has 0 aromatic heterocycles. The largest absolute Gasteiger partial charge is 0.430 e. The van der Waals surface area contributed by atoms with Gasteiger partial charge in [0.2, 0.25) is 0 Å². The predicted octanol–water partition coefficient (Wildman–Crippen LogP) is 4.36. The molecule has 7 nitrogen and oxygen atoms in total. The summed E-state index contributed by atoms with van der Waals surface area (Å²) in [5, 5.41) is 14.4. The number of nitrogens with one attached hydrogen (secondary N) is 1. The van der Waals surface area contributed by atoms with Crippen molar-refractivity contribution in [1.82, 2.24) is 14.7 Å². The Morgan fingerprint density at radius 3 is 2.21 bits per heavy atom. The van der Waals surface area contributed by atoms with Crippen LogP contribution in [0.5, 0.6) is 0 Å². The fraction of sp³-hybridized carbons (Fsp3) is 0.500. The Morgan fingerprint density at radius 1 is 1.05 bits per heavy atom. The number of rotatable bonds is 8. The highest BCUT2D eigenvalue weighted by atomic mass is 35.5. The smallest absolute Gasteiger partial charge is 0.380 e. The van der Waals surface area contributed by atoms with Gasteiger partial charge in [-0.25, -0.2) is 0 Å². The van der Waals surface area contributed by atoms with E-state index in [0.717, 1.165) is 35.8 Å². The summed E-state index contributed by atoms with van der Waals surface area (Å²) < 4.78 is 41.7. The van der Waals surface area contributed by atoms with E-state index in [1.165, 1.54) is 18.2 Å². The highest BCUT2D eigenvalue weighted by molar-refractivity contribution is 6.34. The lowest BCUT2D eigenvalue weighted by Crippen LogP contribution is -2.62. The molecule has 2 amide bonds. The van der Waals surface area contributed by atoms with Crippen LogP contribution in [0.2, 0.25) is 5.02 Å². The Hall–Kier alpha value is -2.82. The van der Waals surface area contributed by atoms with Gasteiger partial charge in [0.1, 0.15) is 0 Å². The number of amides is 2. The first kappa shape index (κ1) is 29.2. The molecule has 39 heavy (non-hydrogen) atoms. The third-order valence-corrected chi connectivity index (χ3v) is 8.02. The first-order valence-electron chi connectivity index (χ1n) is 13.2. The van der Waals surface area contributed by atoms with E-state index < -0.39 is 23.2 Å². The quantitative estimate of drug-likeness (QED) is 0.497. The van der Waals surface area contributed by atoms with Crippen molar-refractivity contribution in [1.29, 1.82) is 0 Å². The zero-order chi connectivity index (χ0) is 28.4. The summed E-state index contributed by atoms with van der Waals surface area (Å²) in [5.41, 5.74) is -2.77. The molecule has 11 heteroatoms. The highest BCUT2D eigenvalue weighted by Gasteiger charge is 2.62. The fourth-order valence-electron chi connectivity index (χ4n) is 5.35. The predicted molar refractivity (Wildman–Crippen MR) is 144 cm³/mol. The van der Waals surface area contributed by atoms with Crippen LogP contribution in [-0.2, 0) is 10.4 Å². The molecule has 0 radical (unpaired) electrons. The Kier molecular flexibility index (Phi) is 8.78. The molecule has 0 saturated carbocycles. The highest BCUT2D eigenvalue weighted by Crippen LogP contribution is 2.41. The van der Waals surface area contributed by atoms with E-state index in [9.17, 15) is 27.9 Å². The van der Waals surface area contributed by atoms with Crippen molar-refractivity contribution >= 4 is 29.1 Å². The van der Waals surface area contributed by atoms with Gasteiger partial charge < -0.3 is 20.2 Å². The lowest BCUT2D eigenvalue weighted by Gasteiger charge is -2.48. The molecule has 2 N–H and O–H groups in total. The number of hydrogen-bond acceptors (Lipinski definition) is 5. The van der Waals surface area contributed by atoms with Crippen LogP contribution in [0.1, 0.15) is 42.6 Å². The number of hydrogen-bond donors (Lipinski definition) is 2. The molecular weight excluding hydrogens is 533 g/mol. The second-order valence-corrected chi connectivity index (χ2v) is 10.5. The van der Waals surface area contributed by atoms with Crippen molar-refractivity contribution in [2.75, 3.05) is 44.6 Å². The number of alkyl halides is 3. The van der Waals surface area contributed by atoms with Gasteiger partial charge in [0, 0.05) is 56.6 Å². The van der Waals surface area contributed by atoms with Crippen LogP contribution in [-0.4, -0.2) is 89.1 Å². The third kappa shape index (κ3) is 5.88. The van der Waals surface area contributed by atoms with Crippen LogP contribution in [0, 0.1) is 0 Å². The molecular formula is C28H34ClF3N4O3. The summed E-state index contributed by atoms with van der Waals surface area (Å²) in [6, 6.07) is 12.1. The summed E-state index contributed by atoms with van der Waals surface area (Å²) in [6.07, 6.45) is -4.09. The van der Waals surface area contributed by atoms with Crippen LogP contribution >= 0.6 is 11.6 Å². The summed E-state index contributed by atoms with van der Waals surface area (Å²) >= 11 is 6.40. The maximum Gasteiger partial charge on any atom is 0.430 e. The molecule has 2 aromatic rings. The molecule has 0 unspecified atom stereocenters. The van der Waals surface area contributed by atoms with Gasteiger partial charge in [0.05, 0.1) is 16.6 Å². The van der Waals surface area contributed by atoms with Crippen molar-refractivity contribution < 1.29 is 27.9 Å². The number of carbonyl (C=O) groups excluding carboxylic acids is 2. The van der Waals surface area contributed by atoms with Gasteiger partial charge in [-0.3, -0.25) is 14.5 Å².